The largest absolute Gasteiger partial charge is 0.356 e. The zero-order valence-corrected chi connectivity index (χ0v) is 15.4. The number of nitrogens with zero attached hydrogens (tertiary/aromatic N) is 5. The molecule has 0 aliphatic carbocycles. The van der Waals surface area contributed by atoms with Crippen LogP contribution < -0.4 is 10.6 Å². The highest BCUT2D eigenvalue weighted by atomic mass is 32.1. The molecule has 1 aliphatic heterocycles. The van der Waals surface area contributed by atoms with Crippen LogP contribution in [-0.4, -0.2) is 45.3 Å². The van der Waals surface area contributed by atoms with E-state index in [2.05, 4.69) is 44.5 Å². The van der Waals surface area contributed by atoms with Crippen LogP contribution in [0.4, 0.5) is 0 Å². The van der Waals surface area contributed by atoms with E-state index in [1.807, 2.05) is 17.9 Å². The molecule has 0 saturated carbocycles. The van der Waals surface area contributed by atoms with Crippen LogP contribution in [0.5, 0.6) is 0 Å². The summed E-state index contributed by atoms with van der Waals surface area (Å²) in [5.41, 5.74) is 0. The second kappa shape index (κ2) is 7.74. The molecule has 0 fully saturated rings. The van der Waals surface area contributed by atoms with E-state index in [4.69, 9.17) is 0 Å². The third-order valence-electron chi connectivity index (χ3n) is 4.08. The molecule has 2 N–H and O–H groups in total. The molecular formula is C16H25N7S. The highest BCUT2D eigenvalue weighted by Gasteiger charge is 2.21. The predicted molar refractivity (Wildman–Crippen MR) is 96.6 cm³/mol. The number of aryl methyl sites for hydroxylation is 3. The molecule has 7 nitrogen and oxygen atoms in total. The summed E-state index contributed by atoms with van der Waals surface area (Å²) in [6.45, 7) is 5.84. The van der Waals surface area contributed by atoms with Crippen LogP contribution >= 0.6 is 11.3 Å². The molecule has 0 amide bonds. The van der Waals surface area contributed by atoms with Gasteiger partial charge in [0.25, 0.3) is 0 Å². The van der Waals surface area contributed by atoms with E-state index in [0.717, 1.165) is 61.4 Å². The van der Waals surface area contributed by atoms with Crippen molar-refractivity contribution in [1.29, 1.82) is 0 Å². The summed E-state index contributed by atoms with van der Waals surface area (Å²) in [5, 5.41) is 12.6. The third-order valence-corrected chi connectivity index (χ3v) is 5.06. The number of aliphatic imine (C=N–C) groups is 1. The SMILES string of the molecule is CCc1nc2n(n1)CC(NC(=NC)NCCc1ncc(C)s1)CC2. The minimum absolute atomic E-state index is 0.331. The summed E-state index contributed by atoms with van der Waals surface area (Å²) in [7, 11) is 1.81. The quantitative estimate of drug-likeness (QED) is 0.630. The van der Waals surface area contributed by atoms with E-state index >= 15 is 0 Å². The van der Waals surface area contributed by atoms with Gasteiger partial charge in [0.05, 0.1) is 11.6 Å². The lowest BCUT2D eigenvalue weighted by Crippen LogP contribution is -2.47. The van der Waals surface area contributed by atoms with Gasteiger partial charge >= 0.3 is 0 Å². The maximum atomic E-state index is 4.56. The zero-order chi connectivity index (χ0) is 16.9. The van der Waals surface area contributed by atoms with Crippen molar-refractivity contribution >= 4 is 17.3 Å². The van der Waals surface area contributed by atoms with Gasteiger partial charge in [-0.2, -0.15) is 5.10 Å². The Labute approximate surface area is 146 Å². The molecule has 2 aromatic heterocycles. The Hall–Kier alpha value is -1.96. The second-order valence-electron chi connectivity index (χ2n) is 5.97. The van der Waals surface area contributed by atoms with E-state index in [-0.39, 0.29) is 0 Å². The molecule has 24 heavy (non-hydrogen) atoms. The molecule has 0 bridgehead atoms. The number of rotatable bonds is 5. The Bertz CT molecular complexity index is 703. The van der Waals surface area contributed by atoms with Crippen molar-refractivity contribution < 1.29 is 0 Å². The molecule has 0 radical (unpaired) electrons. The van der Waals surface area contributed by atoms with E-state index in [9.17, 15) is 0 Å². The minimum atomic E-state index is 0.331. The first-order valence-electron chi connectivity index (χ1n) is 8.49. The lowest BCUT2D eigenvalue weighted by Gasteiger charge is -2.25. The molecular weight excluding hydrogens is 322 g/mol. The highest BCUT2D eigenvalue weighted by molar-refractivity contribution is 7.11. The fourth-order valence-corrected chi connectivity index (χ4v) is 3.61. The van der Waals surface area contributed by atoms with Gasteiger partial charge in [0.2, 0.25) is 0 Å². The first-order chi connectivity index (χ1) is 11.7. The molecule has 0 spiro atoms. The predicted octanol–water partition coefficient (Wildman–Crippen LogP) is 1.33. The smallest absolute Gasteiger partial charge is 0.191 e. The van der Waals surface area contributed by atoms with Crippen LogP contribution in [-0.2, 0) is 25.8 Å². The first kappa shape index (κ1) is 16.9. The monoisotopic (exact) mass is 347 g/mol. The average Bonchev–Trinajstić information content (AvgIpc) is 3.19. The van der Waals surface area contributed by atoms with Crippen LogP contribution in [0.2, 0.25) is 0 Å². The molecule has 3 heterocycles. The molecule has 1 aliphatic rings. The Morgan fingerprint density at radius 3 is 3.08 bits per heavy atom. The molecule has 130 valence electrons. The van der Waals surface area contributed by atoms with Crippen LogP contribution in [0.1, 0.15) is 34.9 Å². The van der Waals surface area contributed by atoms with Crippen molar-refractivity contribution in [1.82, 2.24) is 30.4 Å². The summed E-state index contributed by atoms with van der Waals surface area (Å²) in [6, 6.07) is 0.331. The number of hydrogen-bond acceptors (Lipinski definition) is 5. The molecule has 1 atom stereocenters. The molecule has 1 unspecified atom stereocenters. The Kier molecular flexibility index (Phi) is 5.44. The lowest BCUT2D eigenvalue weighted by molar-refractivity contribution is 0.392. The number of thiazole rings is 1. The Morgan fingerprint density at radius 2 is 2.38 bits per heavy atom. The van der Waals surface area contributed by atoms with Crippen molar-refractivity contribution in [2.45, 2.75) is 52.1 Å². The third kappa shape index (κ3) is 4.11. The van der Waals surface area contributed by atoms with Gasteiger partial charge < -0.3 is 10.6 Å². The standard InChI is InChI=1S/C16H25N7S/c1-4-13-21-14-6-5-12(10-23(14)22-13)20-16(17-3)18-8-7-15-19-9-11(2)24-15/h9,12H,4-8,10H2,1-3H3,(H2,17,18,20). The lowest BCUT2D eigenvalue weighted by atomic mass is 10.1. The number of aromatic nitrogens is 4. The molecule has 0 aromatic carbocycles. The van der Waals surface area contributed by atoms with Gasteiger partial charge in [-0.15, -0.1) is 11.3 Å². The molecule has 0 saturated heterocycles. The Balaban J connectivity index is 1.49. The van der Waals surface area contributed by atoms with Crippen molar-refractivity contribution in [2.24, 2.45) is 4.99 Å². The normalized spacial score (nSPS) is 17.6. The van der Waals surface area contributed by atoms with Gasteiger partial charge in [0.15, 0.2) is 11.8 Å². The first-order valence-corrected chi connectivity index (χ1v) is 9.30. The molecule has 8 heteroatoms. The van der Waals surface area contributed by atoms with Gasteiger partial charge in [-0.25, -0.2) is 14.6 Å². The highest BCUT2D eigenvalue weighted by Crippen LogP contribution is 2.13. The number of fused-ring (bicyclic) bond motifs is 1. The average molecular weight is 347 g/mol. The fourth-order valence-electron chi connectivity index (χ4n) is 2.82. The second-order valence-corrected chi connectivity index (χ2v) is 7.29. The van der Waals surface area contributed by atoms with Crippen molar-refractivity contribution in [2.75, 3.05) is 13.6 Å². The van der Waals surface area contributed by atoms with Crippen LogP contribution in [0.3, 0.4) is 0 Å². The van der Waals surface area contributed by atoms with E-state index in [1.165, 1.54) is 4.88 Å². The van der Waals surface area contributed by atoms with Crippen LogP contribution in [0.25, 0.3) is 0 Å². The number of guanidine groups is 1. The van der Waals surface area contributed by atoms with Crippen molar-refractivity contribution in [3.63, 3.8) is 0 Å². The molecule has 2 aromatic rings. The van der Waals surface area contributed by atoms with Crippen molar-refractivity contribution in [3.05, 3.63) is 27.7 Å². The van der Waals surface area contributed by atoms with E-state index < -0.39 is 0 Å². The van der Waals surface area contributed by atoms with E-state index in [0.29, 0.717) is 6.04 Å². The van der Waals surface area contributed by atoms with E-state index in [1.54, 1.807) is 11.3 Å². The summed E-state index contributed by atoms with van der Waals surface area (Å²) < 4.78 is 2.03. The number of hydrogen-bond donors (Lipinski definition) is 2. The Morgan fingerprint density at radius 1 is 1.50 bits per heavy atom. The summed E-state index contributed by atoms with van der Waals surface area (Å²) in [5.74, 6) is 2.88. The number of nitrogens with one attached hydrogen (secondary N) is 2. The maximum Gasteiger partial charge on any atom is 0.191 e. The zero-order valence-electron chi connectivity index (χ0n) is 14.5. The van der Waals surface area contributed by atoms with Gasteiger partial charge in [0.1, 0.15) is 5.82 Å². The van der Waals surface area contributed by atoms with Gasteiger partial charge in [-0.05, 0) is 13.3 Å². The van der Waals surface area contributed by atoms with Gasteiger partial charge in [-0.1, -0.05) is 6.92 Å². The summed E-state index contributed by atoms with van der Waals surface area (Å²) in [4.78, 5) is 14.5. The minimum Gasteiger partial charge on any atom is -0.356 e. The van der Waals surface area contributed by atoms with Gasteiger partial charge in [0, 0.05) is 50.0 Å². The van der Waals surface area contributed by atoms with Gasteiger partial charge in [-0.3, -0.25) is 4.99 Å². The summed E-state index contributed by atoms with van der Waals surface area (Å²) >= 11 is 1.75. The fraction of sp³-hybridized carbons (Fsp3) is 0.625. The molecule has 3 rings (SSSR count). The van der Waals surface area contributed by atoms with Crippen LogP contribution in [0.15, 0.2) is 11.2 Å². The topological polar surface area (TPSA) is 80.0 Å². The van der Waals surface area contributed by atoms with Crippen LogP contribution in [0, 0.1) is 6.92 Å². The maximum absolute atomic E-state index is 4.56. The summed E-state index contributed by atoms with van der Waals surface area (Å²) in [6.07, 6.45) is 5.73. The van der Waals surface area contributed by atoms with Crippen molar-refractivity contribution in [3.8, 4) is 0 Å².